The summed E-state index contributed by atoms with van der Waals surface area (Å²) in [7, 11) is 4.65. The normalized spacial score (nSPS) is 17.7. The number of aliphatic hydroxyl groups is 1. The highest BCUT2D eigenvalue weighted by atomic mass is 16.7. The summed E-state index contributed by atoms with van der Waals surface area (Å²) in [6.07, 6.45) is 0.315. The van der Waals surface area contributed by atoms with Crippen LogP contribution < -0.4 is 14.2 Å². The Hall–Kier alpha value is -3.77. The van der Waals surface area contributed by atoms with Crippen molar-refractivity contribution >= 4 is 11.5 Å². The molecule has 1 aliphatic heterocycles. The summed E-state index contributed by atoms with van der Waals surface area (Å²) in [5.74, 6) is -0.863. The molecule has 3 aromatic rings. The Morgan fingerprint density at radius 3 is 2.03 bits per heavy atom. The summed E-state index contributed by atoms with van der Waals surface area (Å²) in [5, 5.41) is 11.8. The van der Waals surface area contributed by atoms with E-state index in [-0.39, 0.29) is 5.57 Å². The lowest BCUT2D eigenvalue weighted by Crippen LogP contribution is -2.29. The summed E-state index contributed by atoms with van der Waals surface area (Å²) in [4.78, 5) is 13.2. The molecule has 3 aromatic carbocycles. The van der Waals surface area contributed by atoms with Gasteiger partial charge in [0.2, 0.25) is 0 Å². The van der Waals surface area contributed by atoms with Crippen LogP contribution in [0.2, 0.25) is 0 Å². The molecule has 1 aliphatic rings. The molecule has 4 rings (SSSR count). The third-order valence-corrected chi connectivity index (χ3v) is 5.91. The van der Waals surface area contributed by atoms with E-state index >= 15 is 0 Å². The maximum atomic E-state index is 13.2. The van der Waals surface area contributed by atoms with Gasteiger partial charge >= 0.3 is 5.97 Å². The highest BCUT2D eigenvalue weighted by Crippen LogP contribution is 2.46. The zero-order valence-electron chi connectivity index (χ0n) is 19.0. The largest absolute Gasteiger partial charge is 0.497 e. The van der Waals surface area contributed by atoms with E-state index in [0.29, 0.717) is 40.4 Å². The minimum Gasteiger partial charge on any atom is -0.497 e. The maximum absolute atomic E-state index is 13.2. The summed E-state index contributed by atoms with van der Waals surface area (Å²) < 4.78 is 21.7. The van der Waals surface area contributed by atoms with Crippen LogP contribution in [0.4, 0.5) is 0 Å². The summed E-state index contributed by atoms with van der Waals surface area (Å²) in [6.45, 7) is 1.99. The Morgan fingerprint density at radius 2 is 1.45 bits per heavy atom. The van der Waals surface area contributed by atoms with Crippen LogP contribution in [0.3, 0.4) is 0 Å². The molecular formula is C27H26O6. The second-order valence-corrected chi connectivity index (χ2v) is 7.82. The zero-order valence-corrected chi connectivity index (χ0v) is 19.0. The van der Waals surface area contributed by atoms with Gasteiger partial charge in [0.15, 0.2) is 0 Å². The van der Waals surface area contributed by atoms with Crippen molar-refractivity contribution in [2.75, 3.05) is 21.3 Å². The number of rotatable bonds is 7. The molecule has 0 saturated heterocycles. The van der Waals surface area contributed by atoms with Gasteiger partial charge in [0.25, 0.3) is 5.79 Å². The lowest BCUT2D eigenvalue weighted by atomic mass is 9.87. The molecular weight excluding hydrogens is 420 g/mol. The average Bonchev–Trinajstić information content (AvgIpc) is 3.10. The number of benzene rings is 3. The molecule has 0 aromatic heterocycles. The van der Waals surface area contributed by atoms with Crippen LogP contribution in [0.25, 0.3) is 5.57 Å². The van der Waals surface area contributed by atoms with Gasteiger partial charge in [-0.2, -0.15) is 0 Å². The number of ether oxygens (including phenoxy) is 4. The SMILES string of the molecule is COc1ccc(C2(O)OC(=O)C(c3cc(OC)cc(OC)c3)=C2Cc2ccccc2C)cc1. The highest BCUT2D eigenvalue weighted by Gasteiger charge is 2.48. The molecule has 1 unspecified atom stereocenters. The van der Waals surface area contributed by atoms with E-state index in [4.69, 9.17) is 18.9 Å². The maximum Gasteiger partial charge on any atom is 0.342 e. The van der Waals surface area contributed by atoms with Crippen molar-refractivity contribution in [2.24, 2.45) is 0 Å². The third-order valence-electron chi connectivity index (χ3n) is 5.91. The minimum absolute atomic E-state index is 0.286. The Bertz CT molecular complexity index is 1190. The fourth-order valence-corrected chi connectivity index (χ4v) is 4.04. The van der Waals surface area contributed by atoms with E-state index in [0.717, 1.165) is 11.1 Å². The number of hydrogen-bond donors (Lipinski definition) is 1. The van der Waals surface area contributed by atoms with Crippen molar-refractivity contribution in [1.82, 2.24) is 0 Å². The Kier molecular flexibility index (Phi) is 6.11. The molecule has 0 amide bonds. The second-order valence-electron chi connectivity index (χ2n) is 7.82. The van der Waals surface area contributed by atoms with Crippen LogP contribution in [-0.4, -0.2) is 32.4 Å². The Morgan fingerprint density at radius 1 is 0.848 bits per heavy atom. The molecule has 170 valence electrons. The van der Waals surface area contributed by atoms with Gasteiger partial charge in [-0.3, -0.25) is 0 Å². The van der Waals surface area contributed by atoms with Crippen molar-refractivity contribution in [3.8, 4) is 17.2 Å². The van der Waals surface area contributed by atoms with E-state index in [1.54, 1.807) is 63.8 Å². The number of carbonyl (C=O) groups is 1. The molecule has 1 heterocycles. The topological polar surface area (TPSA) is 74.2 Å². The fraction of sp³-hybridized carbons (Fsp3) is 0.222. The predicted octanol–water partition coefficient (Wildman–Crippen LogP) is 4.42. The van der Waals surface area contributed by atoms with Gasteiger partial charge in [-0.05, 0) is 60.0 Å². The molecule has 0 spiro atoms. The van der Waals surface area contributed by atoms with E-state index < -0.39 is 11.8 Å². The van der Waals surface area contributed by atoms with Gasteiger partial charge in [-0.1, -0.05) is 24.3 Å². The van der Waals surface area contributed by atoms with E-state index in [2.05, 4.69) is 0 Å². The molecule has 1 atom stereocenters. The summed E-state index contributed by atoms with van der Waals surface area (Å²) in [6, 6.07) is 19.9. The first-order valence-electron chi connectivity index (χ1n) is 10.5. The number of methoxy groups -OCH3 is 3. The van der Waals surface area contributed by atoms with Gasteiger partial charge in [0.1, 0.15) is 17.2 Å². The van der Waals surface area contributed by atoms with Gasteiger partial charge < -0.3 is 24.1 Å². The first-order chi connectivity index (χ1) is 15.9. The van der Waals surface area contributed by atoms with Crippen LogP contribution >= 0.6 is 0 Å². The molecule has 0 saturated carbocycles. The number of cyclic esters (lactones) is 1. The lowest BCUT2D eigenvalue weighted by molar-refractivity contribution is -0.185. The van der Waals surface area contributed by atoms with Crippen LogP contribution in [0.1, 0.15) is 22.3 Å². The van der Waals surface area contributed by atoms with Crippen LogP contribution in [-0.2, 0) is 21.7 Å². The minimum atomic E-state index is -1.93. The molecule has 1 N–H and O–H groups in total. The number of hydrogen-bond acceptors (Lipinski definition) is 6. The van der Waals surface area contributed by atoms with Crippen molar-refractivity contribution in [3.63, 3.8) is 0 Å². The fourth-order valence-electron chi connectivity index (χ4n) is 4.04. The van der Waals surface area contributed by atoms with Crippen molar-refractivity contribution in [2.45, 2.75) is 19.1 Å². The molecule has 0 radical (unpaired) electrons. The van der Waals surface area contributed by atoms with Crippen LogP contribution in [0.5, 0.6) is 17.2 Å². The Balaban J connectivity index is 1.94. The third kappa shape index (κ3) is 4.17. The zero-order chi connectivity index (χ0) is 23.6. The van der Waals surface area contributed by atoms with E-state index in [9.17, 15) is 9.90 Å². The van der Waals surface area contributed by atoms with E-state index in [1.807, 2.05) is 31.2 Å². The molecule has 0 fully saturated rings. The number of esters is 1. The number of aryl methyl sites for hydroxylation is 1. The lowest BCUT2D eigenvalue weighted by Gasteiger charge is -2.26. The smallest absolute Gasteiger partial charge is 0.342 e. The monoisotopic (exact) mass is 446 g/mol. The molecule has 6 heteroatoms. The van der Waals surface area contributed by atoms with Gasteiger partial charge in [-0.15, -0.1) is 0 Å². The van der Waals surface area contributed by atoms with Gasteiger partial charge in [-0.25, -0.2) is 4.79 Å². The quantitative estimate of drug-likeness (QED) is 0.542. The van der Waals surface area contributed by atoms with Crippen LogP contribution in [0, 0.1) is 6.92 Å². The van der Waals surface area contributed by atoms with Gasteiger partial charge in [0.05, 0.1) is 26.9 Å². The first-order valence-corrected chi connectivity index (χ1v) is 10.5. The van der Waals surface area contributed by atoms with Crippen molar-refractivity contribution < 1.29 is 28.8 Å². The second kappa shape index (κ2) is 9.00. The molecule has 33 heavy (non-hydrogen) atoms. The number of carbonyl (C=O) groups excluding carboxylic acids is 1. The average molecular weight is 446 g/mol. The van der Waals surface area contributed by atoms with E-state index in [1.165, 1.54) is 0 Å². The Labute approximate surface area is 193 Å². The summed E-state index contributed by atoms with van der Waals surface area (Å²) >= 11 is 0. The van der Waals surface area contributed by atoms with Crippen LogP contribution in [0.15, 0.2) is 72.3 Å². The summed E-state index contributed by atoms with van der Waals surface area (Å²) in [5.41, 5.74) is 3.74. The van der Waals surface area contributed by atoms with Crippen molar-refractivity contribution in [1.29, 1.82) is 0 Å². The standard InChI is InChI=1S/C27H26O6/c1-17-7-5-6-8-18(17)15-24-25(19-13-22(31-3)16-23(14-19)32-4)26(28)33-27(24,29)20-9-11-21(30-2)12-10-20/h5-14,16,29H,15H2,1-4H3. The van der Waals surface area contributed by atoms with Crippen molar-refractivity contribution in [3.05, 3.63) is 94.6 Å². The highest BCUT2D eigenvalue weighted by molar-refractivity contribution is 6.20. The molecule has 0 bridgehead atoms. The van der Waals surface area contributed by atoms with Gasteiger partial charge in [0, 0.05) is 23.6 Å². The predicted molar refractivity (Wildman–Crippen MR) is 124 cm³/mol. The molecule has 6 nitrogen and oxygen atoms in total. The molecule has 0 aliphatic carbocycles. The first kappa shape index (κ1) is 22.4.